The number of hydrogen-bond donors (Lipinski definition) is 0. The predicted octanol–water partition coefficient (Wildman–Crippen LogP) is 4.61. The molecule has 0 aliphatic heterocycles. The van der Waals surface area contributed by atoms with Crippen molar-refractivity contribution in [2.24, 2.45) is 0 Å². The zero-order chi connectivity index (χ0) is 13.2. The van der Waals surface area contributed by atoms with Crippen LogP contribution in [0.15, 0.2) is 65.5 Å². The maximum Gasteiger partial charge on any atom is 0.0999 e. The van der Waals surface area contributed by atoms with Gasteiger partial charge in [-0.1, -0.05) is 45.8 Å². The lowest BCUT2D eigenvalue weighted by Crippen LogP contribution is -1.88. The molecule has 0 radical (unpaired) electrons. The minimum atomic E-state index is 0.989. The molecule has 0 unspecified atom stereocenters. The second-order valence-corrected chi connectivity index (χ2v) is 5.42. The summed E-state index contributed by atoms with van der Waals surface area (Å²) in [6.07, 6.45) is 3.90. The Kier molecular flexibility index (Phi) is 3.22. The van der Waals surface area contributed by atoms with Crippen molar-refractivity contribution < 1.29 is 0 Å². The van der Waals surface area contributed by atoms with Crippen LogP contribution >= 0.6 is 15.9 Å². The van der Waals surface area contributed by atoms with Crippen molar-refractivity contribution in [3.63, 3.8) is 0 Å². The summed E-state index contributed by atoms with van der Waals surface area (Å²) in [6, 6.07) is 16.6. The van der Waals surface area contributed by atoms with Crippen LogP contribution in [-0.2, 0) is 0 Å². The normalized spacial score (nSPS) is 10.6. The number of aromatic nitrogens is 2. The fourth-order valence-electron chi connectivity index (χ4n) is 1.95. The summed E-state index contributed by atoms with van der Waals surface area (Å²) >= 11 is 3.44. The van der Waals surface area contributed by atoms with E-state index in [1.807, 2.05) is 29.2 Å². The molecule has 2 aromatic carbocycles. The Hall–Kier alpha value is -1.87. The molecule has 0 amide bonds. The molecule has 3 aromatic rings. The lowest BCUT2D eigenvalue weighted by Gasteiger charge is -2.01. The van der Waals surface area contributed by atoms with E-state index in [0.717, 1.165) is 21.4 Å². The number of rotatable bonds is 2. The van der Waals surface area contributed by atoms with E-state index in [0.29, 0.717) is 0 Å². The fourth-order valence-corrected chi connectivity index (χ4v) is 2.21. The van der Waals surface area contributed by atoms with Gasteiger partial charge in [0.15, 0.2) is 0 Å². The summed E-state index contributed by atoms with van der Waals surface area (Å²) in [5, 5.41) is 0. The van der Waals surface area contributed by atoms with Gasteiger partial charge in [0.2, 0.25) is 0 Å². The molecular weight excluding hydrogens is 300 g/mol. The monoisotopic (exact) mass is 312 g/mol. The van der Waals surface area contributed by atoms with Gasteiger partial charge < -0.3 is 4.57 Å². The van der Waals surface area contributed by atoms with Gasteiger partial charge in [-0.15, -0.1) is 0 Å². The fraction of sp³-hybridized carbons (Fsp3) is 0.0625. The molecule has 0 atom stereocenters. The Morgan fingerprint density at radius 3 is 2.32 bits per heavy atom. The number of aryl methyl sites for hydroxylation is 1. The standard InChI is InChI=1S/C16H13BrN2/c1-12-2-4-13(5-3-12)16-10-19(11-18-16)15-8-6-14(17)7-9-15/h2-11H,1H3. The Morgan fingerprint density at radius 2 is 1.63 bits per heavy atom. The van der Waals surface area contributed by atoms with Crippen LogP contribution in [0, 0.1) is 6.92 Å². The van der Waals surface area contributed by atoms with E-state index in [-0.39, 0.29) is 0 Å². The first-order valence-electron chi connectivity index (χ1n) is 6.09. The second-order valence-electron chi connectivity index (χ2n) is 4.51. The predicted molar refractivity (Wildman–Crippen MR) is 81.4 cm³/mol. The molecule has 2 nitrogen and oxygen atoms in total. The van der Waals surface area contributed by atoms with E-state index >= 15 is 0 Å². The van der Waals surface area contributed by atoms with Crippen molar-refractivity contribution in [3.8, 4) is 16.9 Å². The third-order valence-electron chi connectivity index (χ3n) is 3.05. The highest BCUT2D eigenvalue weighted by Gasteiger charge is 2.03. The van der Waals surface area contributed by atoms with Gasteiger partial charge >= 0.3 is 0 Å². The number of imidazole rings is 1. The molecule has 94 valence electrons. The summed E-state index contributed by atoms with van der Waals surface area (Å²) in [7, 11) is 0. The summed E-state index contributed by atoms with van der Waals surface area (Å²) in [5.74, 6) is 0. The van der Waals surface area contributed by atoms with Gasteiger partial charge in [0.1, 0.15) is 0 Å². The minimum Gasteiger partial charge on any atom is -0.306 e. The van der Waals surface area contributed by atoms with E-state index < -0.39 is 0 Å². The molecular formula is C16H13BrN2. The van der Waals surface area contributed by atoms with Gasteiger partial charge in [-0.25, -0.2) is 4.98 Å². The first-order valence-corrected chi connectivity index (χ1v) is 6.89. The zero-order valence-electron chi connectivity index (χ0n) is 10.5. The Balaban J connectivity index is 1.95. The smallest absolute Gasteiger partial charge is 0.0999 e. The van der Waals surface area contributed by atoms with Gasteiger partial charge in [-0.2, -0.15) is 0 Å². The maximum absolute atomic E-state index is 4.47. The average molecular weight is 313 g/mol. The first-order chi connectivity index (χ1) is 9.22. The molecule has 1 heterocycles. The molecule has 0 N–H and O–H groups in total. The molecule has 0 bridgehead atoms. The number of hydrogen-bond acceptors (Lipinski definition) is 1. The van der Waals surface area contributed by atoms with Gasteiger partial charge in [0.25, 0.3) is 0 Å². The van der Waals surface area contributed by atoms with E-state index in [1.54, 1.807) is 0 Å². The number of benzene rings is 2. The molecule has 0 aliphatic carbocycles. The summed E-state index contributed by atoms with van der Waals surface area (Å²) < 4.78 is 3.11. The van der Waals surface area contributed by atoms with Crippen LogP contribution < -0.4 is 0 Å². The largest absolute Gasteiger partial charge is 0.306 e. The summed E-state index contributed by atoms with van der Waals surface area (Å²) in [6.45, 7) is 2.09. The summed E-state index contributed by atoms with van der Waals surface area (Å²) in [4.78, 5) is 4.47. The van der Waals surface area contributed by atoms with Crippen LogP contribution in [0.4, 0.5) is 0 Å². The van der Waals surface area contributed by atoms with Crippen LogP contribution in [-0.4, -0.2) is 9.55 Å². The van der Waals surface area contributed by atoms with Gasteiger partial charge in [0.05, 0.1) is 12.0 Å². The van der Waals surface area contributed by atoms with Crippen LogP contribution in [0.25, 0.3) is 16.9 Å². The first kappa shape index (κ1) is 12.2. The van der Waals surface area contributed by atoms with E-state index in [4.69, 9.17) is 0 Å². The highest BCUT2D eigenvalue weighted by molar-refractivity contribution is 9.10. The van der Waals surface area contributed by atoms with Crippen LogP contribution in [0.3, 0.4) is 0 Å². The third-order valence-corrected chi connectivity index (χ3v) is 3.58. The van der Waals surface area contributed by atoms with Crippen LogP contribution in [0.2, 0.25) is 0 Å². The molecule has 0 spiro atoms. The number of nitrogens with zero attached hydrogens (tertiary/aromatic N) is 2. The summed E-state index contributed by atoms with van der Waals surface area (Å²) in [5.41, 5.74) is 4.49. The molecule has 0 saturated heterocycles. The molecule has 0 aliphatic rings. The van der Waals surface area contributed by atoms with Crippen LogP contribution in [0.1, 0.15) is 5.56 Å². The Labute approximate surface area is 120 Å². The SMILES string of the molecule is Cc1ccc(-c2cn(-c3ccc(Br)cc3)cn2)cc1. The van der Waals surface area contributed by atoms with Crippen molar-refractivity contribution in [3.05, 3.63) is 71.1 Å². The topological polar surface area (TPSA) is 17.8 Å². The van der Waals surface area contributed by atoms with Gasteiger partial charge in [-0.3, -0.25) is 0 Å². The van der Waals surface area contributed by atoms with Crippen molar-refractivity contribution in [2.75, 3.05) is 0 Å². The zero-order valence-corrected chi connectivity index (χ0v) is 12.1. The average Bonchev–Trinajstić information content (AvgIpc) is 2.90. The maximum atomic E-state index is 4.47. The highest BCUT2D eigenvalue weighted by Crippen LogP contribution is 2.20. The van der Waals surface area contributed by atoms with E-state index in [2.05, 4.69) is 64.2 Å². The molecule has 0 fully saturated rings. The van der Waals surface area contributed by atoms with Gasteiger partial charge in [-0.05, 0) is 31.2 Å². The molecule has 1 aromatic heterocycles. The van der Waals surface area contributed by atoms with Crippen molar-refractivity contribution in [1.82, 2.24) is 9.55 Å². The van der Waals surface area contributed by atoms with E-state index in [1.165, 1.54) is 5.56 Å². The van der Waals surface area contributed by atoms with Crippen molar-refractivity contribution in [1.29, 1.82) is 0 Å². The molecule has 3 heteroatoms. The molecule has 3 rings (SSSR count). The quantitative estimate of drug-likeness (QED) is 0.675. The molecule has 19 heavy (non-hydrogen) atoms. The molecule has 0 saturated carbocycles. The third kappa shape index (κ3) is 2.61. The van der Waals surface area contributed by atoms with Crippen LogP contribution in [0.5, 0.6) is 0 Å². The minimum absolute atomic E-state index is 0.989. The van der Waals surface area contributed by atoms with Crippen molar-refractivity contribution >= 4 is 15.9 Å². The Bertz CT molecular complexity index is 622. The highest BCUT2D eigenvalue weighted by atomic mass is 79.9. The van der Waals surface area contributed by atoms with Crippen molar-refractivity contribution in [2.45, 2.75) is 6.92 Å². The van der Waals surface area contributed by atoms with Gasteiger partial charge in [0, 0.05) is 21.9 Å². The lowest BCUT2D eigenvalue weighted by molar-refractivity contribution is 1.06. The van der Waals surface area contributed by atoms with E-state index in [9.17, 15) is 0 Å². The number of halogens is 1. The lowest BCUT2D eigenvalue weighted by atomic mass is 10.1. The second kappa shape index (κ2) is 5.02. The Morgan fingerprint density at radius 1 is 0.947 bits per heavy atom.